The minimum Gasteiger partial charge on any atom is -0.0620 e. The van der Waals surface area contributed by atoms with Gasteiger partial charge < -0.3 is 0 Å². The zero-order valence-corrected chi connectivity index (χ0v) is 9.04. The van der Waals surface area contributed by atoms with Crippen LogP contribution in [0.15, 0.2) is 0 Å². The third-order valence-electron chi connectivity index (χ3n) is 5.30. The first-order chi connectivity index (χ1) is 5.55. The molecule has 0 amide bonds. The molecule has 0 radical (unpaired) electrons. The highest BCUT2D eigenvalue weighted by molar-refractivity contribution is 5.03. The zero-order chi connectivity index (χ0) is 9.04. The maximum absolute atomic E-state index is 2.48. The van der Waals surface area contributed by atoms with Gasteiger partial charge in [-0.25, -0.2) is 0 Å². The van der Waals surface area contributed by atoms with E-state index in [0.717, 1.165) is 41.4 Å². The second-order valence-electron chi connectivity index (χ2n) is 5.45. The van der Waals surface area contributed by atoms with Crippen molar-refractivity contribution in [1.82, 2.24) is 0 Å². The standard InChI is InChI=1S/C12H22/c1-6-7(2)12-9(4)8(3)11(6)10(12)5/h6-12H,1-5H3/t6-,7-,8-,9+,10?,11?,12?/m1/s1. The highest BCUT2D eigenvalue weighted by Gasteiger charge is 2.55. The first-order valence-corrected chi connectivity index (χ1v) is 5.55. The summed E-state index contributed by atoms with van der Waals surface area (Å²) in [5.74, 6) is 6.99. The van der Waals surface area contributed by atoms with Gasteiger partial charge in [-0.05, 0) is 41.4 Å². The summed E-state index contributed by atoms with van der Waals surface area (Å²) in [5, 5.41) is 0. The van der Waals surface area contributed by atoms with Crippen LogP contribution in [0.3, 0.4) is 0 Å². The molecule has 2 bridgehead atoms. The van der Waals surface area contributed by atoms with Crippen molar-refractivity contribution < 1.29 is 0 Å². The van der Waals surface area contributed by atoms with Crippen LogP contribution in [-0.4, -0.2) is 0 Å². The Bertz CT molecular complexity index is 148. The van der Waals surface area contributed by atoms with Gasteiger partial charge in [0.15, 0.2) is 0 Å². The molecule has 2 aliphatic carbocycles. The Kier molecular flexibility index (Phi) is 1.79. The van der Waals surface area contributed by atoms with Crippen molar-refractivity contribution in [2.45, 2.75) is 34.6 Å². The van der Waals surface area contributed by atoms with Gasteiger partial charge in [-0.15, -0.1) is 0 Å². The second kappa shape index (κ2) is 2.49. The monoisotopic (exact) mass is 166 g/mol. The number of hydrogen-bond acceptors (Lipinski definition) is 0. The van der Waals surface area contributed by atoms with E-state index in [4.69, 9.17) is 0 Å². The van der Waals surface area contributed by atoms with Gasteiger partial charge in [-0.3, -0.25) is 0 Å². The zero-order valence-electron chi connectivity index (χ0n) is 9.04. The number of fused-ring (bicyclic) bond motifs is 2. The highest BCUT2D eigenvalue weighted by atomic mass is 14.6. The molecule has 0 aromatic rings. The Morgan fingerprint density at radius 1 is 0.417 bits per heavy atom. The van der Waals surface area contributed by atoms with Crippen LogP contribution in [0.5, 0.6) is 0 Å². The fourth-order valence-electron chi connectivity index (χ4n) is 4.53. The van der Waals surface area contributed by atoms with E-state index in [1.807, 2.05) is 0 Å². The van der Waals surface area contributed by atoms with Crippen LogP contribution in [-0.2, 0) is 0 Å². The minimum atomic E-state index is 0.983. The second-order valence-corrected chi connectivity index (χ2v) is 5.45. The van der Waals surface area contributed by atoms with Gasteiger partial charge in [0.25, 0.3) is 0 Å². The summed E-state index contributed by atoms with van der Waals surface area (Å²) < 4.78 is 0. The Morgan fingerprint density at radius 2 is 0.667 bits per heavy atom. The summed E-state index contributed by atoms with van der Waals surface area (Å²) >= 11 is 0. The third kappa shape index (κ3) is 0.791. The Hall–Kier alpha value is 0. The maximum atomic E-state index is 2.48. The first-order valence-electron chi connectivity index (χ1n) is 5.55. The van der Waals surface area contributed by atoms with Crippen LogP contribution in [0.4, 0.5) is 0 Å². The van der Waals surface area contributed by atoms with E-state index >= 15 is 0 Å². The summed E-state index contributed by atoms with van der Waals surface area (Å²) in [6.45, 7) is 12.3. The van der Waals surface area contributed by atoms with E-state index in [0.29, 0.717) is 0 Å². The lowest BCUT2D eigenvalue weighted by Gasteiger charge is -2.34. The SMILES string of the molecule is CC1C2[C@@H](C)[C@@H](C)C1[C@H](C)[C@H]2C. The molecule has 70 valence electrons. The summed E-state index contributed by atoms with van der Waals surface area (Å²) in [6.07, 6.45) is 0. The topological polar surface area (TPSA) is 0 Å². The first kappa shape index (κ1) is 8.59. The molecule has 2 aliphatic rings. The fraction of sp³-hybridized carbons (Fsp3) is 1.00. The van der Waals surface area contributed by atoms with Crippen molar-refractivity contribution in [3.05, 3.63) is 0 Å². The minimum absolute atomic E-state index is 0.983. The summed E-state index contributed by atoms with van der Waals surface area (Å²) in [4.78, 5) is 0. The van der Waals surface area contributed by atoms with Crippen LogP contribution < -0.4 is 0 Å². The molecule has 0 spiro atoms. The lowest BCUT2D eigenvalue weighted by molar-refractivity contribution is 0.140. The Balaban J connectivity index is 2.29. The molecule has 3 unspecified atom stereocenters. The van der Waals surface area contributed by atoms with Crippen molar-refractivity contribution in [3.8, 4) is 0 Å². The summed E-state index contributed by atoms with van der Waals surface area (Å²) in [5.41, 5.74) is 0. The normalized spacial score (nSPS) is 64.2. The molecule has 2 fully saturated rings. The number of rotatable bonds is 0. The Labute approximate surface area is 76.7 Å². The van der Waals surface area contributed by atoms with E-state index < -0.39 is 0 Å². The van der Waals surface area contributed by atoms with E-state index in [1.54, 1.807) is 0 Å². The molecular weight excluding hydrogens is 144 g/mol. The molecule has 0 aliphatic heterocycles. The highest BCUT2D eigenvalue weighted by Crippen LogP contribution is 2.60. The van der Waals surface area contributed by atoms with Crippen molar-refractivity contribution in [1.29, 1.82) is 0 Å². The maximum Gasteiger partial charge on any atom is -0.0329 e. The molecule has 0 N–H and O–H groups in total. The van der Waals surface area contributed by atoms with E-state index in [2.05, 4.69) is 34.6 Å². The van der Waals surface area contributed by atoms with Crippen LogP contribution in [0, 0.1) is 41.4 Å². The molecule has 2 saturated carbocycles. The van der Waals surface area contributed by atoms with Crippen molar-refractivity contribution >= 4 is 0 Å². The predicted octanol–water partition coefficient (Wildman–Crippen LogP) is 3.43. The van der Waals surface area contributed by atoms with Gasteiger partial charge >= 0.3 is 0 Å². The average molecular weight is 166 g/mol. The summed E-state index contributed by atoms with van der Waals surface area (Å²) in [7, 11) is 0. The van der Waals surface area contributed by atoms with E-state index in [9.17, 15) is 0 Å². The van der Waals surface area contributed by atoms with Gasteiger partial charge in [0.1, 0.15) is 0 Å². The smallest absolute Gasteiger partial charge is 0.0329 e. The van der Waals surface area contributed by atoms with Crippen LogP contribution >= 0.6 is 0 Å². The van der Waals surface area contributed by atoms with Gasteiger partial charge in [0.05, 0.1) is 0 Å². The molecule has 0 saturated heterocycles. The van der Waals surface area contributed by atoms with Gasteiger partial charge in [0, 0.05) is 0 Å². The molecule has 0 heteroatoms. The van der Waals surface area contributed by atoms with Gasteiger partial charge in [0.2, 0.25) is 0 Å². The molecule has 0 nitrogen and oxygen atoms in total. The molecular formula is C12H22. The largest absolute Gasteiger partial charge is 0.0620 e. The Morgan fingerprint density at radius 3 is 0.833 bits per heavy atom. The fourth-order valence-corrected chi connectivity index (χ4v) is 4.53. The molecule has 0 aromatic heterocycles. The van der Waals surface area contributed by atoms with Crippen LogP contribution in [0.25, 0.3) is 0 Å². The average Bonchev–Trinajstić information content (AvgIpc) is 2.33. The van der Waals surface area contributed by atoms with Gasteiger partial charge in [-0.2, -0.15) is 0 Å². The van der Waals surface area contributed by atoms with E-state index in [1.165, 1.54) is 0 Å². The van der Waals surface area contributed by atoms with Crippen molar-refractivity contribution in [3.63, 3.8) is 0 Å². The van der Waals surface area contributed by atoms with Gasteiger partial charge in [-0.1, -0.05) is 34.6 Å². The third-order valence-corrected chi connectivity index (χ3v) is 5.30. The van der Waals surface area contributed by atoms with Crippen LogP contribution in [0.2, 0.25) is 0 Å². The quantitative estimate of drug-likeness (QED) is 0.517. The van der Waals surface area contributed by atoms with Crippen molar-refractivity contribution in [2.24, 2.45) is 41.4 Å². The molecule has 0 aromatic carbocycles. The lowest BCUT2D eigenvalue weighted by Crippen LogP contribution is -2.28. The van der Waals surface area contributed by atoms with Crippen LogP contribution in [0.1, 0.15) is 34.6 Å². The number of hydrogen-bond donors (Lipinski definition) is 0. The summed E-state index contributed by atoms with van der Waals surface area (Å²) in [6, 6.07) is 0. The predicted molar refractivity (Wildman–Crippen MR) is 52.8 cm³/mol. The molecule has 2 rings (SSSR count). The van der Waals surface area contributed by atoms with Crippen molar-refractivity contribution in [2.75, 3.05) is 0 Å². The molecule has 7 atom stereocenters. The molecule has 0 heterocycles. The van der Waals surface area contributed by atoms with E-state index in [-0.39, 0.29) is 0 Å². The molecule has 12 heavy (non-hydrogen) atoms. The lowest BCUT2D eigenvalue weighted by atomic mass is 9.71.